The molecule has 4 rings (SSSR count). The molecule has 5 heteroatoms. The van der Waals surface area contributed by atoms with E-state index in [0.717, 1.165) is 30.8 Å². The predicted octanol–water partition coefficient (Wildman–Crippen LogP) is 3.55. The second-order valence-electron chi connectivity index (χ2n) is 7.04. The number of hydrogen-bond acceptors (Lipinski definition) is 4. The lowest BCUT2D eigenvalue weighted by molar-refractivity contribution is 0.102. The molecule has 0 atom stereocenters. The second kappa shape index (κ2) is 7.74. The third kappa shape index (κ3) is 3.85. The van der Waals surface area contributed by atoms with Gasteiger partial charge < -0.3 is 10.2 Å². The number of aromatic nitrogens is 1. The Morgan fingerprint density at radius 1 is 0.964 bits per heavy atom. The van der Waals surface area contributed by atoms with Gasteiger partial charge in [-0.05, 0) is 30.8 Å². The number of rotatable bonds is 4. The van der Waals surface area contributed by atoms with Crippen molar-refractivity contribution in [2.24, 2.45) is 0 Å². The van der Waals surface area contributed by atoms with Crippen LogP contribution in [0.3, 0.4) is 0 Å². The number of ketones is 1. The molecule has 2 aromatic carbocycles. The average Bonchev–Trinajstić information content (AvgIpc) is 2.73. The Morgan fingerprint density at radius 3 is 2.39 bits per heavy atom. The number of hydrogen-bond donors (Lipinski definition) is 1. The SMILES string of the molecule is CN1CCc2ncc(NC(=O)c3ccc(C(=O)c4ccccc4)cc3)cc2C1. The van der Waals surface area contributed by atoms with Gasteiger partial charge in [-0.3, -0.25) is 14.6 Å². The Labute approximate surface area is 164 Å². The van der Waals surface area contributed by atoms with Gasteiger partial charge in [0.1, 0.15) is 0 Å². The summed E-state index contributed by atoms with van der Waals surface area (Å²) in [6.07, 6.45) is 2.63. The first-order valence-corrected chi connectivity index (χ1v) is 9.27. The fourth-order valence-electron chi connectivity index (χ4n) is 3.37. The number of amides is 1. The van der Waals surface area contributed by atoms with E-state index < -0.39 is 0 Å². The molecule has 1 aromatic heterocycles. The Bertz CT molecular complexity index is 1010. The monoisotopic (exact) mass is 371 g/mol. The molecule has 1 aliphatic heterocycles. The van der Waals surface area contributed by atoms with E-state index in [1.54, 1.807) is 42.6 Å². The van der Waals surface area contributed by atoms with Crippen molar-refractivity contribution in [1.29, 1.82) is 0 Å². The van der Waals surface area contributed by atoms with Crippen LogP contribution in [0, 0.1) is 0 Å². The van der Waals surface area contributed by atoms with E-state index in [0.29, 0.717) is 22.4 Å². The minimum Gasteiger partial charge on any atom is -0.321 e. The maximum Gasteiger partial charge on any atom is 0.255 e. The fourth-order valence-corrected chi connectivity index (χ4v) is 3.37. The van der Waals surface area contributed by atoms with Crippen LogP contribution in [-0.4, -0.2) is 35.2 Å². The van der Waals surface area contributed by atoms with Crippen molar-refractivity contribution < 1.29 is 9.59 Å². The normalized spacial score (nSPS) is 13.6. The summed E-state index contributed by atoms with van der Waals surface area (Å²) in [5, 5.41) is 2.90. The first kappa shape index (κ1) is 18.1. The van der Waals surface area contributed by atoms with Crippen LogP contribution in [0.2, 0.25) is 0 Å². The van der Waals surface area contributed by atoms with E-state index >= 15 is 0 Å². The van der Waals surface area contributed by atoms with Crippen LogP contribution < -0.4 is 5.32 Å². The molecule has 5 nitrogen and oxygen atoms in total. The topological polar surface area (TPSA) is 62.3 Å². The molecule has 0 bridgehead atoms. The van der Waals surface area contributed by atoms with Crippen LogP contribution >= 0.6 is 0 Å². The zero-order valence-electron chi connectivity index (χ0n) is 15.7. The van der Waals surface area contributed by atoms with Crippen molar-refractivity contribution in [2.75, 3.05) is 18.9 Å². The molecule has 0 saturated heterocycles. The maximum absolute atomic E-state index is 12.6. The van der Waals surface area contributed by atoms with Gasteiger partial charge in [-0.2, -0.15) is 0 Å². The number of carbonyl (C=O) groups is 2. The van der Waals surface area contributed by atoms with E-state index in [9.17, 15) is 9.59 Å². The van der Waals surface area contributed by atoms with Crippen molar-refractivity contribution >= 4 is 17.4 Å². The van der Waals surface area contributed by atoms with Crippen LogP contribution in [0.4, 0.5) is 5.69 Å². The minimum atomic E-state index is -0.218. The van der Waals surface area contributed by atoms with Gasteiger partial charge >= 0.3 is 0 Å². The van der Waals surface area contributed by atoms with Gasteiger partial charge in [0.05, 0.1) is 11.9 Å². The van der Waals surface area contributed by atoms with E-state index in [4.69, 9.17) is 0 Å². The summed E-state index contributed by atoms with van der Waals surface area (Å²) in [5.74, 6) is -0.278. The van der Waals surface area contributed by atoms with Gasteiger partial charge in [0, 0.05) is 41.9 Å². The zero-order chi connectivity index (χ0) is 19.5. The predicted molar refractivity (Wildman–Crippen MR) is 109 cm³/mol. The van der Waals surface area contributed by atoms with Gasteiger partial charge in [-0.25, -0.2) is 0 Å². The lowest BCUT2D eigenvalue weighted by Gasteiger charge is -2.24. The summed E-state index contributed by atoms with van der Waals surface area (Å²) in [6.45, 7) is 1.84. The summed E-state index contributed by atoms with van der Waals surface area (Å²) >= 11 is 0. The van der Waals surface area contributed by atoms with E-state index in [1.807, 2.05) is 24.3 Å². The molecule has 1 amide bonds. The summed E-state index contributed by atoms with van der Waals surface area (Å²) < 4.78 is 0. The number of nitrogens with one attached hydrogen (secondary N) is 1. The Morgan fingerprint density at radius 2 is 1.64 bits per heavy atom. The molecule has 0 radical (unpaired) electrons. The maximum atomic E-state index is 12.6. The number of nitrogens with zero attached hydrogens (tertiary/aromatic N) is 2. The summed E-state index contributed by atoms with van der Waals surface area (Å²) in [6, 6.07) is 17.8. The van der Waals surface area contributed by atoms with Crippen molar-refractivity contribution in [3.8, 4) is 0 Å². The molecule has 2 heterocycles. The first-order chi connectivity index (χ1) is 13.6. The van der Waals surface area contributed by atoms with Crippen LogP contribution in [0.5, 0.6) is 0 Å². The third-order valence-electron chi connectivity index (χ3n) is 4.93. The van der Waals surface area contributed by atoms with Gasteiger partial charge in [0.15, 0.2) is 5.78 Å². The molecule has 0 saturated carbocycles. The van der Waals surface area contributed by atoms with Crippen LogP contribution in [0.15, 0.2) is 66.9 Å². The number of anilines is 1. The minimum absolute atomic E-state index is 0.0597. The Kier molecular flexibility index (Phi) is 5.00. The molecule has 0 spiro atoms. The molecule has 1 N–H and O–H groups in total. The van der Waals surface area contributed by atoms with Gasteiger partial charge in [0.2, 0.25) is 0 Å². The molecular formula is C23H21N3O2. The van der Waals surface area contributed by atoms with E-state index in [1.165, 1.54) is 0 Å². The van der Waals surface area contributed by atoms with Gasteiger partial charge in [-0.1, -0.05) is 42.5 Å². The number of fused-ring (bicyclic) bond motifs is 1. The molecule has 1 aliphatic rings. The number of carbonyl (C=O) groups excluding carboxylic acids is 2. The zero-order valence-corrected chi connectivity index (χ0v) is 15.7. The van der Waals surface area contributed by atoms with Crippen molar-refractivity contribution in [2.45, 2.75) is 13.0 Å². The molecule has 3 aromatic rings. The van der Waals surface area contributed by atoms with Crippen molar-refractivity contribution in [1.82, 2.24) is 9.88 Å². The Balaban J connectivity index is 1.47. The molecule has 140 valence electrons. The average molecular weight is 371 g/mol. The van der Waals surface area contributed by atoms with Crippen molar-refractivity contribution in [3.63, 3.8) is 0 Å². The smallest absolute Gasteiger partial charge is 0.255 e. The first-order valence-electron chi connectivity index (χ1n) is 9.27. The van der Waals surface area contributed by atoms with Crippen molar-refractivity contribution in [3.05, 3.63) is 94.8 Å². The Hall–Kier alpha value is -3.31. The third-order valence-corrected chi connectivity index (χ3v) is 4.93. The van der Waals surface area contributed by atoms with Gasteiger partial charge in [0.25, 0.3) is 5.91 Å². The van der Waals surface area contributed by atoms with Gasteiger partial charge in [-0.15, -0.1) is 0 Å². The van der Waals surface area contributed by atoms with E-state index in [-0.39, 0.29) is 11.7 Å². The van der Waals surface area contributed by atoms with Crippen LogP contribution in [-0.2, 0) is 13.0 Å². The highest BCUT2D eigenvalue weighted by molar-refractivity contribution is 6.10. The molecule has 0 fully saturated rings. The standard InChI is InChI=1S/C23H21N3O2/c1-26-12-11-21-19(15-26)13-20(14-24-21)25-23(28)18-9-7-17(8-10-18)22(27)16-5-3-2-4-6-16/h2-10,13-14H,11-12,15H2,1H3,(H,25,28). The molecule has 0 unspecified atom stereocenters. The lowest BCUT2D eigenvalue weighted by atomic mass is 10.0. The highest BCUT2D eigenvalue weighted by Crippen LogP contribution is 2.20. The number of likely N-dealkylation sites (N-methyl/N-ethyl adjacent to an activating group) is 1. The quantitative estimate of drug-likeness (QED) is 0.713. The molecule has 28 heavy (non-hydrogen) atoms. The highest BCUT2D eigenvalue weighted by atomic mass is 16.1. The summed E-state index contributed by atoms with van der Waals surface area (Å²) in [5.41, 5.74) is 4.62. The second-order valence-corrected chi connectivity index (χ2v) is 7.04. The summed E-state index contributed by atoms with van der Waals surface area (Å²) in [7, 11) is 2.08. The lowest BCUT2D eigenvalue weighted by Crippen LogP contribution is -2.27. The molecular weight excluding hydrogens is 350 g/mol. The summed E-state index contributed by atoms with van der Waals surface area (Å²) in [4.78, 5) is 31.8. The fraction of sp³-hybridized carbons (Fsp3) is 0.174. The number of pyridine rings is 1. The molecule has 0 aliphatic carbocycles. The van der Waals surface area contributed by atoms with E-state index in [2.05, 4.69) is 22.2 Å². The van der Waals surface area contributed by atoms with Crippen LogP contribution in [0.25, 0.3) is 0 Å². The van der Waals surface area contributed by atoms with Crippen LogP contribution in [0.1, 0.15) is 37.5 Å². The highest BCUT2D eigenvalue weighted by Gasteiger charge is 2.16. The largest absolute Gasteiger partial charge is 0.321 e. The number of benzene rings is 2.